The summed E-state index contributed by atoms with van der Waals surface area (Å²) in [5.74, 6) is 1.57. The van der Waals surface area contributed by atoms with Gasteiger partial charge in [0.25, 0.3) is 0 Å². The standard InChI is InChI=1S/C14H24O2/c1-10-7-11(2)9-12(8-10)13(15)14(16)5-3-4-6-14/h10-12,16H,3-9H2,1-2H3. The highest BCUT2D eigenvalue weighted by Gasteiger charge is 2.43. The molecule has 2 heteroatoms. The Morgan fingerprint density at radius 1 is 1.06 bits per heavy atom. The van der Waals surface area contributed by atoms with Crippen LogP contribution in [0, 0.1) is 17.8 Å². The van der Waals surface area contributed by atoms with E-state index in [2.05, 4.69) is 13.8 Å². The molecule has 2 atom stereocenters. The number of carbonyl (C=O) groups is 1. The van der Waals surface area contributed by atoms with Crippen LogP contribution in [0.2, 0.25) is 0 Å². The minimum Gasteiger partial charge on any atom is -0.382 e. The molecule has 2 aliphatic rings. The highest BCUT2D eigenvalue weighted by Crippen LogP contribution is 2.39. The fourth-order valence-electron chi connectivity index (χ4n) is 3.75. The van der Waals surface area contributed by atoms with E-state index in [0.29, 0.717) is 24.7 Å². The van der Waals surface area contributed by atoms with Crippen LogP contribution in [0.1, 0.15) is 58.8 Å². The lowest BCUT2D eigenvalue weighted by Crippen LogP contribution is -2.42. The summed E-state index contributed by atoms with van der Waals surface area (Å²) in [5, 5.41) is 10.3. The van der Waals surface area contributed by atoms with Crippen molar-refractivity contribution >= 4 is 5.78 Å². The molecule has 2 aliphatic carbocycles. The first-order valence-electron chi connectivity index (χ1n) is 6.78. The lowest BCUT2D eigenvalue weighted by atomic mass is 9.71. The molecule has 2 nitrogen and oxygen atoms in total. The minimum absolute atomic E-state index is 0.127. The highest BCUT2D eigenvalue weighted by atomic mass is 16.3. The number of carbonyl (C=O) groups excluding carboxylic acids is 1. The van der Waals surface area contributed by atoms with Crippen molar-refractivity contribution in [3.63, 3.8) is 0 Å². The Hall–Kier alpha value is -0.370. The van der Waals surface area contributed by atoms with E-state index in [-0.39, 0.29) is 11.7 Å². The predicted octanol–water partition coefficient (Wildman–Crippen LogP) is 2.93. The van der Waals surface area contributed by atoms with Gasteiger partial charge in [-0.15, -0.1) is 0 Å². The maximum absolute atomic E-state index is 12.4. The van der Waals surface area contributed by atoms with E-state index in [1.807, 2.05) is 0 Å². The molecule has 0 heterocycles. The third-order valence-electron chi connectivity index (χ3n) is 4.44. The molecule has 0 aromatic heterocycles. The third kappa shape index (κ3) is 2.32. The fourth-order valence-corrected chi connectivity index (χ4v) is 3.75. The first-order valence-corrected chi connectivity index (χ1v) is 6.78. The van der Waals surface area contributed by atoms with Gasteiger partial charge in [-0.1, -0.05) is 13.8 Å². The number of hydrogen-bond donors (Lipinski definition) is 1. The van der Waals surface area contributed by atoms with Crippen molar-refractivity contribution < 1.29 is 9.90 Å². The summed E-state index contributed by atoms with van der Waals surface area (Å²) in [6, 6.07) is 0. The predicted molar refractivity (Wildman–Crippen MR) is 64.1 cm³/mol. The van der Waals surface area contributed by atoms with Gasteiger partial charge in [0.2, 0.25) is 0 Å². The maximum atomic E-state index is 12.4. The smallest absolute Gasteiger partial charge is 0.167 e. The molecule has 0 bridgehead atoms. The molecule has 0 aliphatic heterocycles. The van der Waals surface area contributed by atoms with Gasteiger partial charge in [0, 0.05) is 5.92 Å². The molecule has 0 saturated heterocycles. The summed E-state index contributed by atoms with van der Waals surface area (Å²) in [5.41, 5.74) is -0.957. The number of aliphatic hydroxyl groups is 1. The molecule has 0 spiro atoms. The van der Waals surface area contributed by atoms with Crippen LogP contribution in [0.15, 0.2) is 0 Å². The molecule has 0 amide bonds. The first kappa shape index (κ1) is 12.1. The van der Waals surface area contributed by atoms with Crippen molar-refractivity contribution in [3.8, 4) is 0 Å². The average molecular weight is 224 g/mol. The van der Waals surface area contributed by atoms with Crippen molar-refractivity contribution in [2.75, 3.05) is 0 Å². The van der Waals surface area contributed by atoms with Crippen LogP contribution in [-0.2, 0) is 4.79 Å². The van der Waals surface area contributed by atoms with Crippen molar-refractivity contribution in [1.82, 2.24) is 0 Å². The van der Waals surface area contributed by atoms with Crippen LogP contribution < -0.4 is 0 Å². The van der Waals surface area contributed by atoms with Crippen LogP contribution in [0.4, 0.5) is 0 Å². The Morgan fingerprint density at radius 3 is 2.06 bits per heavy atom. The van der Waals surface area contributed by atoms with Gasteiger partial charge < -0.3 is 5.11 Å². The van der Waals surface area contributed by atoms with Gasteiger partial charge in [-0.05, 0) is 56.8 Å². The Kier molecular flexibility index (Phi) is 3.39. The maximum Gasteiger partial charge on any atom is 0.167 e. The highest BCUT2D eigenvalue weighted by molar-refractivity contribution is 5.89. The summed E-state index contributed by atoms with van der Waals surface area (Å²) in [6.45, 7) is 4.46. The molecule has 1 N–H and O–H groups in total. The largest absolute Gasteiger partial charge is 0.382 e. The zero-order chi connectivity index (χ0) is 11.8. The average Bonchev–Trinajstić information content (AvgIpc) is 2.64. The van der Waals surface area contributed by atoms with Gasteiger partial charge >= 0.3 is 0 Å². The molecular formula is C14H24O2. The molecule has 92 valence electrons. The molecule has 2 rings (SSSR count). The summed E-state index contributed by atoms with van der Waals surface area (Å²) < 4.78 is 0. The molecule has 2 unspecified atom stereocenters. The van der Waals surface area contributed by atoms with E-state index >= 15 is 0 Å². The molecule has 0 aromatic carbocycles. The van der Waals surface area contributed by atoms with Crippen molar-refractivity contribution in [2.24, 2.45) is 17.8 Å². The topological polar surface area (TPSA) is 37.3 Å². The second-order valence-corrected chi connectivity index (χ2v) is 6.22. The first-order chi connectivity index (χ1) is 7.51. The number of rotatable bonds is 2. The third-order valence-corrected chi connectivity index (χ3v) is 4.44. The zero-order valence-corrected chi connectivity index (χ0v) is 10.5. The second kappa shape index (κ2) is 4.48. The SMILES string of the molecule is CC1CC(C)CC(C(=O)C2(O)CCCC2)C1. The fraction of sp³-hybridized carbons (Fsp3) is 0.929. The van der Waals surface area contributed by atoms with E-state index in [4.69, 9.17) is 0 Å². The van der Waals surface area contributed by atoms with E-state index in [9.17, 15) is 9.90 Å². The van der Waals surface area contributed by atoms with E-state index in [1.54, 1.807) is 0 Å². The van der Waals surface area contributed by atoms with Gasteiger partial charge in [-0.3, -0.25) is 4.79 Å². The van der Waals surface area contributed by atoms with E-state index in [1.165, 1.54) is 6.42 Å². The lowest BCUT2D eigenvalue weighted by molar-refractivity contribution is -0.143. The van der Waals surface area contributed by atoms with Gasteiger partial charge in [-0.2, -0.15) is 0 Å². The molecule has 2 saturated carbocycles. The Morgan fingerprint density at radius 2 is 1.56 bits per heavy atom. The van der Waals surface area contributed by atoms with Crippen LogP contribution in [0.3, 0.4) is 0 Å². The number of Topliss-reactive ketones (excluding diaryl/α,β-unsaturated/α-hetero) is 1. The normalized spacial score (nSPS) is 38.6. The summed E-state index contributed by atoms with van der Waals surface area (Å²) >= 11 is 0. The monoisotopic (exact) mass is 224 g/mol. The van der Waals surface area contributed by atoms with Crippen LogP contribution in [0.25, 0.3) is 0 Å². The Balaban J connectivity index is 2.03. The van der Waals surface area contributed by atoms with Gasteiger partial charge in [-0.25, -0.2) is 0 Å². The second-order valence-electron chi connectivity index (χ2n) is 6.22. The van der Waals surface area contributed by atoms with Crippen molar-refractivity contribution in [3.05, 3.63) is 0 Å². The van der Waals surface area contributed by atoms with Crippen LogP contribution >= 0.6 is 0 Å². The van der Waals surface area contributed by atoms with E-state index < -0.39 is 5.60 Å². The summed E-state index contributed by atoms with van der Waals surface area (Å²) in [4.78, 5) is 12.4. The molecule has 0 radical (unpaired) electrons. The number of ketones is 1. The van der Waals surface area contributed by atoms with Gasteiger partial charge in [0.15, 0.2) is 5.78 Å². The number of hydrogen-bond acceptors (Lipinski definition) is 2. The van der Waals surface area contributed by atoms with Crippen LogP contribution in [-0.4, -0.2) is 16.5 Å². The van der Waals surface area contributed by atoms with Gasteiger partial charge in [0.1, 0.15) is 5.60 Å². The summed E-state index contributed by atoms with van der Waals surface area (Å²) in [6.07, 6.45) is 6.65. The van der Waals surface area contributed by atoms with Gasteiger partial charge in [0.05, 0.1) is 0 Å². The van der Waals surface area contributed by atoms with Crippen molar-refractivity contribution in [1.29, 1.82) is 0 Å². The molecule has 16 heavy (non-hydrogen) atoms. The minimum atomic E-state index is -0.957. The quantitative estimate of drug-likeness (QED) is 0.783. The Labute approximate surface area is 98.4 Å². The molecule has 2 fully saturated rings. The molecule has 0 aromatic rings. The summed E-state index contributed by atoms with van der Waals surface area (Å²) in [7, 11) is 0. The van der Waals surface area contributed by atoms with Crippen molar-refractivity contribution in [2.45, 2.75) is 64.4 Å². The zero-order valence-electron chi connectivity index (χ0n) is 10.5. The van der Waals surface area contributed by atoms with Crippen LogP contribution in [0.5, 0.6) is 0 Å². The lowest BCUT2D eigenvalue weighted by Gasteiger charge is -2.34. The van der Waals surface area contributed by atoms with E-state index in [0.717, 1.165) is 25.7 Å². The molecular weight excluding hydrogens is 200 g/mol. The Bertz CT molecular complexity index is 256.